The Bertz CT molecular complexity index is 199. The van der Waals surface area contributed by atoms with Crippen LogP contribution in [0.4, 0.5) is 4.79 Å². The van der Waals surface area contributed by atoms with Crippen LogP contribution < -0.4 is 10.6 Å². The molecule has 13 heavy (non-hydrogen) atoms. The summed E-state index contributed by atoms with van der Waals surface area (Å²) in [6.07, 6.45) is 2.31. The summed E-state index contributed by atoms with van der Waals surface area (Å²) < 4.78 is 0. The van der Waals surface area contributed by atoms with Crippen molar-refractivity contribution in [1.82, 2.24) is 15.5 Å². The number of amides is 2. The molecule has 0 aromatic carbocycles. The summed E-state index contributed by atoms with van der Waals surface area (Å²) in [5, 5.41) is 6.17. The molecule has 4 nitrogen and oxygen atoms in total. The third-order valence-corrected chi connectivity index (χ3v) is 2.65. The lowest BCUT2D eigenvalue weighted by molar-refractivity contribution is 0.189. The Kier molecular flexibility index (Phi) is 2.40. The van der Waals surface area contributed by atoms with Gasteiger partial charge in [-0.05, 0) is 12.8 Å². The Balaban J connectivity index is 1.67. The lowest BCUT2D eigenvalue weighted by atomic mass is 10.0. The minimum Gasteiger partial charge on any atom is -0.335 e. The van der Waals surface area contributed by atoms with Gasteiger partial charge in [-0.3, -0.25) is 0 Å². The van der Waals surface area contributed by atoms with Gasteiger partial charge in [-0.1, -0.05) is 0 Å². The maximum Gasteiger partial charge on any atom is 0.317 e. The Labute approximate surface area is 78.7 Å². The summed E-state index contributed by atoms with van der Waals surface area (Å²) in [7, 11) is 1.87. The third-order valence-electron chi connectivity index (χ3n) is 2.65. The van der Waals surface area contributed by atoms with E-state index in [2.05, 4.69) is 10.6 Å². The molecule has 0 unspecified atom stereocenters. The molecule has 2 aliphatic rings. The van der Waals surface area contributed by atoms with Gasteiger partial charge in [0, 0.05) is 38.6 Å². The van der Waals surface area contributed by atoms with Crippen molar-refractivity contribution in [2.75, 3.05) is 26.7 Å². The molecule has 4 heteroatoms. The lowest BCUT2D eigenvalue weighted by Crippen LogP contribution is -2.50. The molecular formula is C9H17N3O. The normalized spacial score (nSPS) is 22.2. The molecule has 1 saturated carbocycles. The van der Waals surface area contributed by atoms with Crippen LogP contribution >= 0.6 is 0 Å². The Hall–Kier alpha value is -0.770. The van der Waals surface area contributed by atoms with E-state index in [1.165, 1.54) is 0 Å². The molecule has 2 N–H and O–H groups in total. The van der Waals surface area contributed by atoms with Crippen LogP contribution in [0, 0.1) is 5.92 Å². The molecule has 2 fully saturated rings. The van der Waals surface area contributed by atoms with Crippen molar-refractivity contribution in [3.63, 3.8) is 0 Å². The zero-order valence-corrected chi connectivity index (χ0v) is 8.05. The van der Waals surface area contributed by atoms with Crippen molar-refractivity contribution < 1.29 is 4.79 Å². The largest absolute Gasteiger partial charge is 0.335 e. The summed E-state index contributed by atoms with van der Waals surface area (Å²) >= 11 is 0. The quantitative estimate of drug-likeness (QED) is 0.647. The summed E-state index contributed by atoms with van der Waals surface area (Å²) in [6, 6.07) is 0.559. The van der Waals surface area contributed by atoms with E-state index in [-0.39, 0.29) is 6.03 Å². The number of carbonyl (C=O) groups excluding carboxylic acids is 1. The van der Waals surface area contributed by atoms with Gasteiger partial charge in [-0.25, -0.2) is 4.79 Å². The maximum atomic E-state index is 11.5. The molecule has 2 amide bonds. The monoisotopic (exact) mass is 183 g/mol. The number of hydrogen-bond donors (Lipinski definition) is 2. The van der Waals surface area contributed by atoms with Gasteiger partial charge in [0.2, 0.25) is 0 Å². The summed E-state index contributed by atoms with van der Waals surface area (Å²) in [4.78, 5) is 13.3. The van der Waals surface area contributed by atoms with Gasteiger partial charge < -0.3 is 15.5 Å². The highest BCUT2D eigenvalue weighted by atomic mass is 16.2. The fourth-order valence-corrected chi connectivity index (χ4v) is 1.46. The highest BCUT2D eigenvalue weighted by Gasteiger charge is 2.26. The number of nitrogens with zero attached hydrogens (tertiary/aromatic N) is 1. The number of carbonyl (C=O) groups is 1. The van der Waals surface area contributed by atoms with Crippen LogP contribution in [0.15, 0.2) is 0 Å². The summed E-state index contributed by atoms with van der Waals surface area (Å²) in [5.74, 6) is 0.662. The predicted octanol–water partition coefficient (Wildman–Crippen LogP) is 0.00960. The second kappa shape index (κ2) is 3.54. The van der Waals surface area contributed by atoms with E-state index in [1.807, 2.05) is 7.05 Å². The Morgan fingerprint density at radius 1 is 1.54 bits per heavy atom. The highest BCUT2D eigenvalue weighted by molar-refractivity contribution is 5.74. The molecule has 2 rings (SSSR count). The van der Waals surface area contributed by atoms with Gasteiger partial charge in [0.25, 0.3) is 0 Å². The fraction of sp³-hybridized carbons (Fsp3) is 0.889. The van der Waals surface area contributed by atoms with Crippen LogP contribution in [0.3, 0.4) is 0 Å². The average Bonchev–Trinajstić information content (AvgIpc) is 2.79. The minimum atomic E-state index is 0.0920. The van der Waals surface area contributed by atoms with Gasteiger partial charge in [0.15, 0.2) is 0 Å². The standard InChI is InChI=1S/C9H17N3O/c1-12(6-7-4-10-5-7)9(13)11-8-2-3-8/h7-8,10H,2-6H2,1H3,(H,11,13). The SMILES string of the molecule is CN(CC1CNC1)C(=O)NC1CC1. The highest BCUT2D eigenvalue weighted by Crippen LogP contribution is 2.18. The first-order chi connectivity index (χ1) is 6.25. The van der Waals surface area contributed by atoms with Crippen molar-refractivity contribution in [3.8, 4) is 0 Å². The van der Waals surface area contributed by atoms with Crippen LogP contribution in [-0.2, 0) is 0 Å². The first-order valence-corrected chi connectivity index (χ1v) is 4.98. The molecule has 0 bridgehead atoms. The lowest BCUT2D eigenvalue weighted by Gasteiger charge is -2.31. The van der Waals surface area contributed by atoms with E-state index in [0.717, 1.165) is 32.5 Å². The van der Waals surface area contributed by atoms with Gasteiger partial charge in [0.1, 0.15) is 0 Å². The third kappa shape index (κ3) is 2.34. The average molecular weight is 183 g/mol. The van der Waals surface area contributed by atoms with Crippen LogP contribution in [-0.4, -0.2) is 43.7 Å². The van der Waals surface area contributed by atoms with Gasteiger partial charge in [-0.15, -0.1) is 0 Å². The van der Waals surface area contributed by atoms with E-state index in [0.29, 0.717) is 12.0 Å². The molecule has 0 atom stereocenters. The maximum absolute atomic E-state index is 11.5. The van der Waals surface area contributed by atoms with Crippen LogP contribution in [0.1, 0.15) is 12.8 Å². The van der Waals surface area contributed by atoms with Gasteiger partial charge in [-0.2, -0.15) is 0 Å². The van der Waals surface area contributed by atoms with E-state index < -0.39 is 0 Å². The predicted molar refractivity (Wildman–Crippen MR) is 50.5 cm³/mol. The van der Waals surface area contributed by atoms with Crippen LogP contribution in [0.25, 0.3) is 0 Å². The molecule has 1 heterocycles. The smallest absolute Gasteiger partial charge is 0.317 e. The molecule has 0 aromatic rings. The van der Waals surface area contributed by atoms with Crippen LogP contribution in [0.5, 0.6) is 0 Å². The van der Waals surface area contributed by atoms with E-state index in [4.69, 9.17) is 0 Å². The summed E-state index contributed by atoms with van der Waals surface area (Å²) in [5.41, 5.74) is 0. The van der Waals surface area contributed by atoms with E-state index in [1.54, 1.807) is 4.90 Å². The first kappa shape index (κ1) is 8.81. The number of rotatable bonds is 3. The summed E-state index contributed by atoms with van der Waals surface area (Å²) in [6.45, 7) is 2.99. The fourth-order valence-electron chi connectivity index (χ4n) is 1.46. The van der Waals surface area contributed by atoms with E-state index in [9.17, 15) is 4.79 Å². The molecule has 0 aromatic heterocycles. The van der Waals surface area contributed by atoms with Crippen molar-refractivity contribution >= 4 is 6.03 Å². The molecular weight excluding hydrogens is 166 g/mol. The zero-order valence-electron chi connectivity index (χ0n) is 8.05. The van der Waals surface area contributed by atoms with Crippen molar-refractivity contribution in [3.05, 3.63) is 0 Å². The Morgan fingerprint density at radius 3 is 2.69 bits per heavy atom. The molecule has 74 valence electrons. The van der Waals surface area contributed by atoms with E-state index >= 15 is 0 Å². The van der Waals surface area contributed by atoms with Crippen LogP contribution in [0.2, 0.25) is 0 Å². The zero-order chi connectivity index (χ0) is 9.26. The Morgan fingerprint density at radius 2 is 2.23 bits per heavy atom. The number of nitrogens with one attached hydrogen (secondary N) is 2. The topological polar surface area (TPSA) is 44.4 Å². The van der Waals surface area contributed by atoms with Crippen molar-refractivity contribution in [2.45, 2.75) is 18.9 Å². The second-order valence-electron chi connectivity index (χ2n) is 4.13. The number of urea groups is 1. The van der Waals surface area contributed by atoms with Crippen molar-refractivity contribution in [1.29, 1.82) is 0 Å². The molecule has 0 spiro atoms. The molecule has 1 aliphatic heterocycles. The second-order valence-corrected chi connectivity index (χ2v) is 4.13. The van der Waals surface area contributed by atoms with Gasteiger partial charge in [0.05, 0.1) is 0 Å². The number of hydrogen-bond acceptors (Lipinski definition) is 2. The first-order valence-electron chi connectivity index (χ1n) is 4.98. The molecule has 1 aliphatic carbocycles. The van der Waals surface area contributed by atoms with Gasteiger partial charge >= 0.3 is 6.03 Å². The molecule has 0 radical (unpaired) electrons. The minimum absolute atomic E-state index is 0.0920. The molecule has 1 saturated heterocycles. The van der Waals surface area contributed by atoms with Crippen molar-refractivity contribution in [2.24, 2.45) is 5.92 Å².